The molecule has 7 aliphatic carbocycles. The summed E-state index contributed by atoms with van der Waals surface area (Å²) in [5, 5.41) is 0. The molecule has 7 fully saturated rings. The van der Waals surface area contributed by atoms with E-state index in [2.05, 4.69) is 56.2 Å². The van der Waals surface area contributed by atoms with Crippen molar-refractivity contribution >= 4 is 0 Å². The zero-order chi connectivity index (χ0) is 35.5. The molecule has 0 aromatic rings. The lowest BCUT2D eigenvalue weighted by atomic mass is 9.74. The minimum Gasteiger partial charge on any atom is -0.294 e. The maximum atomic E-state index is 3.37. The predicted molar refractivity (Wildman–Crippen MR) is 219 cm³/mol. The first-order valence-electron chi connectivity index (χ1n) is 24.0. The van der Waals surface area contributed by atoms with Crippen LogP contribution in [0.1, 0.15) is 215 Å². The summed E-state index contributed by atoms with van der Waals surface area (Å²) in [7, 11) is 0. The lowest BCUT2D eigenvalue weighted by molar-refractivity contribution is -0.0738. The number of hydrogen-bond acceptors (Lipinski definition) is 3. The van der Waals surface area contributed by atoms with E-state index in [-0.39, 0.29) is 0 Å². The third kappa shape index (κ3) is 9.83. The topological polar surface area (TPSA) is 9.72 Å². The molecule has 0 radical (unpaired) electrons. The number of hydrogen-bond donors (Lipinski definition) is 0. The fraction of sp³-hybridized carbons (Fsp3) is 1.00. The summed E-state index contributed by atoms with van der Waals surface area (Å²) in [4.78, 5) is 10.1. The van der Waals surface area contributed by atoms with Crippen LogP contribution in [0.4, 0.5) is 0 Å². The summed E-state index contributed by atoms with van der Waals surface area (Å²) < 4.78 is 0. The average Bonchev–Trinajstić information content (AvgIpc) is 3.13. The molecular formula is C48H87N3. The van der Waals surface area contributed by atoms with Crippen molar-refractivity contribution in [3.05, 3.63) is 0 Å². The molecule has 51 heavy (non-hydrogen) atoms. The molecule has 294 valence electrons. The van der Waals surface area contributed by atoms with Crippen molar-refractivity contribution in [2.75, 3.05) is 0 Å². The Morgan fingerprint density at radius 2 is 0.333 bits per heavy atom. The fourth-order valence-electron chi connectivity index (χ4n) is 13.9. The van der Waals surface area contributed by atoms with Gasteiger partial charge in [-0.25, -0.2) is 0 Å². The van der Waals surface area contributed by atoms with Crippen LogP contribution in [-0.2, 0) is 0 Å². The van der Waals surface area contributed by atoms with Gasteiger partial charge in [-0.15, -0.1) is 0 Å². The highest BCUT2D eigenvalue weighted by Crippen LogP contribution is 2.46. The van der Waals surface area contributed by atoms with Gasteiger partial charge < -0.3 is 0 Å². The molecule has 0 aromatic heterocycles. The summed E-state index contributed by atoms with van der Waals surface area (Å²) in [6, 6.07) is 7.49. The normalized spacial score (nSPS) is 46.4. The summed E-state index contributed by atoms with van der Waals surface area (Å²) >= 11 is 0. The minimum absolute atomic E-state index is 0.797. The van der Waals surface area contributed by atoms with Gasteiger partial charge in [-0.05, 0) is 209 Å². The van der Waals surface area contributed by atoms with Crippen LogP contribution in [0, 0.1) is 35.5 Å². The van der Waals surface area contributed by atoms with Crippen LogP contribution in [-0.4, -0.2) is 69.1 Å². The van der Waals surface area contributed by atoms with Crippen LogP contribution >= 0.6 is 0 Å². The molecule has 0 heterocycles. The Balaban J connectivity index is 1.25. The van der Waals surface area contributed by atoms with Crippen LogP contribution in [0.5, 0.6) is 0 Å². The van der Waals surface area contributed by atoms with E-state index in [1.54, 1.807) is 0 Å². The zero-order valence-electron chi connectivity index (χ0n) is 35.1. The number of rotatable bonds is 9. The minimum atomic E-state index is 0.797. The van der Waals surface area contributed by atoms with Crippen LogP contribution in [0.3, 0.4) is 0 Å². The fourth-order valence-corrected chi connectivity index (χ4v) is 13.9. The highest BCUT2D eigenvalue weighted by atomic mass is 15.3. The van der Waals surface area contributed by atoms with E-state index in [4.69, 9.17) is 0 Å². The van der Waals surface area contributed by atoms with Crippen LogP contribution in [0.25, 0.3) is 0 Å². The van der Waals surface area contributed by atoms with Gasteiger partial charge in [0.2, 0.25) is 0 Å². The van der Waals surface area contributed by atoms with E-state index in [0.717, 1.165) is 89.9 Å². The highest BCUT2D eigenvalue weighted by Gasteiger charge is 2.47. The van der Waals surface area contributed by atoms with E-state index >= 15 is 0 Å². The molecule has 7 rings (SSSR count). The second-order valence-electron chi connectivity index (χ2n) is 21.5. The summed E-state index contributed by atoms with van der Waals surface area (Å²) in [6.07, 6.45) is 39.9. The molecule has 7 saturated carbocycles. The van der Waals surface area contributed by atoms with Gasteiger partial charge in [0.05, 0.1) is 0 Å². The van der Waals surface area contributed by atoms with E-state index in [0.29, 0.717) is 0 Å². The standard InChI is InChI=1S/C48H87N3/c1-34-7-19-40(20-8-34)49(41-21-9-35(2)10-22-41)46-31-47(50(42-23-11-36(3)12-24-42)43-25-13-37(4)14-26-43)33-48(32-46)51(44-27-15-38(5)16-28-44)45-29-17-39(6)18-30-45/h34-48H,7-33H2,1-6H3. The number of nitrogens with zero attached hydrogens (tertiary/aromatic N) is 3. The molecule has 0 aromatic carbocycles. The van der Waals surface area contributed by atoms with Crippen molar-refractivity contribution in [2.45, 2.75) is 269 Å². The van der Waals surface area contributed by atoms with Gasteiger partial charge in [0.1, 0.15) is 0 Å². The van der Waals surface area contributed by atoms with Crippen molar-refractivity contribution in [1.82, 2.24) is 14.7 Å². The molecule has 0 unspecified atom stereocenters. The van der Waals surface area contributed by atoms with E-state index < -0.39 is 0 Å². The van der Waals surface area contributed by atoms with Crippen molar-refractivity contribution in [3.63, 3.8) is 0 Å². The maximum absolute atomic E-state index is 3.37. The Bertz CT molecular complexity index is 795. The van der Waals surface area contributed by atoms with Gasteiger partial charge in [0, 0.05) is 54.4 Å². The third-order valence-corrected chi connectivity index (χ3v) is 17.3. The molecule has 3 heteroatoms. The Kier molecular flexibility index (Phi) is 14.0. The van der Waals surface area contributed by atoms with E-state index in [1.807, 2.05) is 0 Å². The van der Waals surface area contributed by atoms with Gasteiger partial charge in [0.25, 0.3) is 0 Å². The Labute approximate surface area is 318 Å². The summed E-state index contributed by atoms with van der Waals surface area (Å²) in [5.41, 5.74) is 0. The molecule has 3 nitrogen and oxygen atoms in total. The molecule has 7 aliphatic rings. The molecule has 0 atom stereocenters. The Morgan fingerprint density at radius 1 is 0.196 bits per heavy atom. The predicted octanol–water partition coefficient (Wildman–Crippen LogP) is 12.7. The largest absolute Gasteiger partial charge is 0.294 e. The molecule has 0 bridgehead atoms. The monoisotopic (exact) mass is 706 g/mol. The van der Waals surface area contributed by atoms with Crippen molar-refractivity contribution in [1.29, 1.82) is 0 Å². The highest BCUT2D eigenvalue weighted by molar-refractivity contribution is 5.03. The Morgan fingerprint density at radius 3 is 0.471 bits per heavy atom. The van der Waals surface area contributed by atoms with Crippen molar-refractivity contribution in [2.24, 2.45) is 35.5 Å². The van der Waals surface area contributed by atoms with Gasteiger partial charge in [-0.1, -0.05) is 41.5 Å². The van der Waals surface area contributed by atoms with Crippen LogP contribution < -0.4 is 0 Å². The van der Waals surface area contributed by atoms with Crippen LogP contribution in [0.2, 0.25) is 0 Å². The zero-order valence-corrected chi connectivity index (χ0v) is 35.1. The third-order valence-electron chi connectivity index (χ3n) is 17.3. The smallest absolute Gasteiger partial charge is 0.0131 e. The van der Waals surface area contributed by atoms with Gasteiger partial charge >= 0.3 is 0 Å². The lowest BCUT2D eigenvalue weighted by Gasteiger charge is -2.57. The summed E-state index contributed by atoms with van der Waals surface area (Å²) in [6.45, 7) is 15.3. The SMILES string of the molecule is CC1CCC(N(C2CCC(C)CC2)C2CC(N(C3CCC(C)CC3)C3CCC(C)CC3)CC(N(C3CCC(C)CC3)C3CCC(C)CC3)C2)CC1. The quantitative estimate of drug-likeness (QED) is 0.236. The molecule has 0 spiro atoms. The maximum Gasteiger partial charge on any atom is 0.0131 e. The molecule has 0 aliphatic heterocycles. The summed E-state index contributed by atoms with van der Waals surface area (Å²) in [5.74, 6) is 5.65. The van der Waals surface area contributed by atoms with Crippen molar-refractivity contribution in [3.8, 4) is 0 Å². The lowest BCUT2D eigenvalue weighted by Crippen LogP contribution is -2.63. The van der Waals surface area contributed by atoms with Gasteiger partial charge in [0.15, 0.2) is 0 Å². The van der Waals surface area contributed by atoms with Gasteiger partial charge in [-0.3, -0.25) is 14.7 Å². The van der Waals surface area contributed by atoms with Crippen LogP contribution in [0.15, 0.2) is 0 Å². The average molecular weight is 706 g/mol. The molecular weight excluding hydrogens is 619 g/mol. The molecule has 0 amide bonds. The first kappa shape index (κ1) is 39.1. The second kappa shape index (κ2) is 18.2. The molecule has 0 saturated heterocycles. The first-order valence-corrected chi connectivity index (χ1v) is 24.0. The van der Waals surface area contributed by atoms with E-state index in [1.165, 1.54) is 173 Å². The first-order chi connectivity index (χ1) is 24.7. The second-order valence-corrected chi connectivity index (χ2v) is 21.5. The molecule has 0 N–H and O–H groups in total. The van der Waals surface area contributed by atoms with Crippen molar-refractivity contribution < 1.29 is 0 Å². The Hall–Kier alpha value is -0.120. The van der Waals surface area contributed by atoms with Gasteiger partial charge in [-0.2, -0.15) is 0 Å². The van der Waals surface area contributed by atoms with E-state index in [9.17, 15) is 0 Å².